The number of carbonyl (C=O) groups excluding carboxylic acids is 1. The van der Waals surface area contributed by atoms with Gasteiger partial charge in [-0.15, -0.1) is 0 Å². The van der Waals surface area contributed by atoms with E-state index in [1.807, 2.05) is 63.0 Å². The zero-order valence-corrected chi connectivity index (χ0v) is 26.4. The molecule has 2 aromatic heterocycles. The molecule has 1 amide bonds. The molecule has 4 aromatic rings. The zero-order chi connectivity index (χ0) is 28.5. The van der Waals surface area contributed by atoms with Crippen molar-refractivity contribution in [3.8, 4) is 33.9 Å². The second-order valence-corrected chi connectivity index (χ2v) is 10.7. The maximum Gasteiger partial charge on any atom is 0.410 e. The Bertz CT molecular complexity index is 1600. The van der Waals surface area contributed by atoms with Crippen LogP contribution in [-0.4, -0.2) is 37.9 Å². The number of hydrogen-bond donors (Lipinski definition) is 0. The Labute approximate surface area is 255 Å². The molecule has 0 aliphatic rings. The van der Waals surface area contributed by atoms with Crippen molar-refractivity contribution >= 4 is 28.7 Å². The normalized spacial score (nSPS) is 11.1. The molecular formula is C30H32ClIN2O6. The summed E-state index contributed by atoms with van der Waals surface area (Å²) in [6, 6.07) is 12.6. The average Bonchev–Trinajstić information content (AvgIpc) is 2.88. The summed E-state index contributed by atoms with van der Waals surface area (Å²) in [7, 11) is 6.53. The molecule has 0 bridgehead atoms. The Morgan fingerprint density at radius 3 is 2.27 bits per heavy atom. The molecule has 0 saturated carbocycles. The van der Waals surface area contributed by atoms with Gasteiger partial charge < -0.3 is 47.5 Å². The number of carbonyl (C=O) groups is 1. The predicted molar refractivity (Wildman–Crippen MR) is 150 cm³/mol. The van der Waals surface area contributed by atoms with E-state index in [9.17, 15) is 9.59 Å². The highest BCUT2D eigenvalue weighted by Crippen LogP contribution is 2.38. The lowest BCUT2D eigenvalue weighted by Gasteiger charge is -2.25. The Balaban J connectivity index is 0.00000441. The standard InChI is InChI=1S/C30H32ClN2O6.HI/c1-30(2,3)39-29(35)33(5)17-18-14-21(19-10-12-32(4)13-11-19)27-22(15-18)25(34)28(37-7)26(38-27)20-8-9-24(36-6)23(31)16-20;/h8-16H,17H2,1-7H3;1H/q+1;/p-1. The van der Waals surface area contributed by atoms with E-state index in [0.29, 0.717) is 32.9 Å². The number of fused-ring (bicyclic) bond motifs is 1. The lowest BCUT2D eigenvalue weighted by Crippen LogP contribution is -3.00. The zero-order valence-electron chi connectivity index (χ0n) is 23.5. The van der Waals surface area contributed by atoms with Gasteiger partial charge >= 0.3 is 6.09 Å². The van der Waals surface area contributed by atoms with Crippen molar-refractivity contribution in [3.63, 3.8) is 0 Å². The molecule has 0 N–H and O–H groups in total. The van der Waals surface area contributed by atoms with Gasteiger partial charge in [-0.05, 0) is 62.2 Å². The number of nitrogens with zero attached hydrogens (tertiary/aromatic N) is 2. The third-order valence-electron chi connectivity index (χ3n) is 6.04. The summed E-state index contributed by atoms with van der Waals surface area (Å²) in [5.41, 5.74) is 2.25. The van der Waals surface area contributed by atoms with Crippen LogP contribution in [0.2, 0.25) is 5.02 Å². The molecule has 4 rings (SSSR count). The van der Waals surface area contributed by atoms with E-state index in [0.717, 1.165) is 11.1 Å². The molecule has 0 saturated heterocycles. The maximum atomic E-state index is 13.8. The van der Waals surface area contributed by atoms with E-state index >= 15 is 0 Å². The summed E-state index contributed by atoms with van der Waals surface area (Å²) in [6.07, 6.45) is 3.35. The fourth-order valence-corrected chi connectivity index (χ4v) is 4.45. The fraction of sp³-hybridized carbons (Fsp3) is 0.300. The topological polar surface area (TPSA) is 82.1 Å². The van der Waals surface area contributed by atoms with Crippen molar-refractivity contribution in [3.05, 3.63) is 75.7 Å². The van der Waals surface area contributed by atoms with Gasteiger partial charge in [0, 0.05) is 36.9 Å². The van der Waals surface area contributed by atoms with E-state index in [-0.39, 0.29) is 47.5 Å². The molecule has 8 nitrogen and oxygen atoms in total. The van der Waals surface area contributed by atoms with Gasteiger partial charge in [0.05, 0.1) is 24.6 Å². The summed E-state index contributed by atoms with van der Waals surface area (Å²) < 4.78 is 24.7. The van der Waals surface area contributed by atoms with Crippen LogP contribution in [0.4, 0.5) is 4.79 Å². The molecule has 0 aliphatic heterocycles. The molecule has 0 spiro atoms. The van der Waals surface area contributed by atoms with Crippen LogP contribution in [0.15, 0.2) is 64.1 Å². The quantitative estimate of drug-likeness (QED) is 0.231. The van der Waals surface area contributed by atoms with Crippen LogP contribution in [0.5, 0.6) is 11.5 Å². The van der Waals surface area contributed by atoms with Crippen molar-refractivity contribution in [2.75, 3.05) is 21.3 Å². The number of rotatable bonds is 6. The number of hydrogen-bond acceptors (Lipinski definition) is 6. The molecule has 10 heteroatoms. The summed E-state index contributed by atoms with van der Waals surface area (Å²) in [5.74, 6) is 0.798. The minimum Gasteiger partial charge on any atom is -1.00 e. The Morgan fingerprint density at radius 1 is 1.02 bits per heavy atom. The largest absolute Gasteiger partial charge is 1.00 e. The number of aryl methyl sites for hydroxylation is 1. The highest BCUT2D eigenvalue weighted by molar-refractivity contribution is 6.32. The fourth-order valence-electron chi connectivity index (χ4n) is 4.19. The second-order valence-electron chi connectivity index (χ2n) is 10.3. The van der Waals surface area contributed by atoms with Gasteiger partial charge in [-0.1, -0.05) is 11.6 Å². The van der Waals surface area contributed by atoms with Crippen LogP contribution in [0.3, 0.4) is 0 Å². The summed E-state index contributed by atoms with van der Waals surface area (Å²) >= 11 is 6.38. The predicted octanol–water partition coefficient (Wildman–Crippen LogP) is 2.99. The molecule has 40 heavy (non-hydrogen) atoms. The van der Waals surface area contributed by atoms with Gasteiger partial charge in [0.15, 0.2) is 18.2 Å². The van der Waals surface area contributed by atoms with Crippen LogP contribution < -0.4 is 43.4 Å². The van der Waals surface area contributed by atoms with Crippen molar-refractivity contribution in [2.45, 2.75) is 32.9 Å². The van der Waals surface area contributed by atoms with Gasteiger partial charge in [0.2, 0.25) is 11.2 Å². The van der Waals surface area contributed by atoms with Crippen LogP contribution >= 0.6 is 11.6 Å². The Kier molecular flexibility index (Phi) is 9.73. The van der Waals surface area contributed by atoms with Crippen LogP contribution in [0.1, 0.15) is 26.3 Å². The van der Waals surface area contributed by atoms with E-state index in [4.69, 9.17) is 30.2 Å². The van der Waals surface area contributed by atoms with Crippen molar-refractivity contribution in [2.24, 2.45) is 7.05 Å². The van der Waals surface area contributed by atoms with Crippen LogP contribution in [0.25, 0.3) is 33.4 Å². The number of aromatic nitrogens is 1. The molecule has 0 fully saturated rings. The average molecular weight is 679 g/mol. The monoisotopic (exact) mass is 678 g/mol. The highest BCUT2D eigenvalue weighted by Gasteiger charge is 2.23. The summed E-state index contributed by atoms with van der Waals surface area (Å²) in [6.45, 7) is 5.66. The van der Waals surface area contributed by atoms with Gasteiger partial charge in [0.25, 0.3) is 0 Å². The van der Waals surface area contributed by atoms with Crippen LogP contribution in [-0.2, 0) is 18.3 Å². The van der Waals surface area contributed by atoms with Crippen molar-refractivity contribution < 1.29 is 52.0 Å². The number of methoxy groups -OCH3 is 2. The van der Waals surface area contributed by atoms with Gasteiger partial charge in [-0.25, -0.2) is 9.36 Å². The number of pyridine rings is 1. The molecule has 0 radical (unpaired) electrons. The Morgan fingerprint density at radius 2 is 1.70 bits per heavy atom. The van der Waals surface area contributed by atoms with Crippen molar-refractivity contribution in [1.82, 2.24) is 4.90 Å². The number of ether oxygens (including phenoxy) is 3. The number of benzene rings is 2. The van der Waals surface area contributed by atoms with E-state index < -0.39 is 11.7 Å². The molecule has 0 atom stereocenters. The minimum absolute atomic E-state index is 0. The van der Waals surface area contributed by atoms with Crippen LogP contribution in [0, 0.1) is 0 Å². The Hall–Kier alpha value is -3.31. The number of halogens is 2. The summed E-state index contributed by atoms with van der Waals surface area (Å²) in [4.78, 5) is 27.9. The number of amides is 1. The minimum atomic E-state index is -0.630. The molecule has 2 aromatic carbocycles. The smallest absolute Gasteiger partial charge is 0.410 e. The first kappa shape index (κ1) is 31.2. The van der Waals surface area contributed by atoms with E-state index in [2.05, 4.69) is 0 Å². The molecule has 2 heterocycles. The van der Waals surface area contributed by atoms with Gasteiger partial charge in [-0.2, -0.15) is 0 Å². The van der Waals surface area contributed by atoms with Gasteiger partial charge in [-0.3, -0.25) is 4.79 Å². The molecule has 0 aliphatic carbocycles. The third kappa shape index (κ3) is 6.69. The van der Waals surface area contributed by atoms with Crippen molar-refractivity contribution in [1.29, 1.82) is 0 Å². The molecular weight excluding hydrogens is 647 g/mol. The van der Waals surface area contributed by atoms with E-state index in [1.54, 1.807) is 31.3 Å². The lowest BCUT2D eigenvalue weighted by molar-refractivity contribution is -0.671. The first-order valence-corrected chi connectivity index (χ1v) is 12.7. The van der Waals surface area contributed by atoms with E-state index in [1.165, 1.54) is 19.1 Å². The third-order valence-corrected chi connectivity index (χ3v) is 6.34. The lowest BCUT2D eigenvalue weighted by atomic mass is 9.99. The molecule has 212 valence electrons. The maximum absolute atomic E-state index is 13.8. The van der Waals surface area contributed by atoms with Gasteiger partial charge in [0.1, 0.15) is 24.0 Å². The SMILES string of the molecule is COc1ccc(-c2oc3c(-c4cc[n+](C)cc4)cc(CN(C)C(=O)OC(C)(C)C)cc3c(=O)c2OC)cc1Cl.[I-]. The highest BCUT2D eigenvalue weighted by atomic mass is 127. The molecule has 0 unspecified atom stereocenters. The first-order valence-electron chi connectivity index (χ1n) is 12.3. The summed E-state index contributed by atoms with van der Waals surface area (Å²) in [5, 5.41) is 0.699. The second kappa shape index (κ2) is 12.5. The first-order chi connectivity index (χ1) is 18.4.